The fraction of sp³-hybridized carbons (Fsp3) is 0.538. The molecule has 15 heavy (non-hydrogen) atoms. The number of hydrogen-bond donors (Lipinski definition) is 1. The summed E-state index contributed by atoms with van der Waals surface area (Å²) in [4.78, 5) is 1.40. The van der Waals surface area contributed by atoms with Gasteiger partial charge in [0.15, 0.2) is 0 Å². The Labute approximate surface area is 97.7 Å². The van der Waals surface area contributed by atoms with Crippen molar-refractivity contribution < 1.29 is 0 Å². The Hall–Kier alpha value is -0.470. The molecule has 1 aromatic rings. The molecule has 0 bridgehead atoms. The van der Waals surface area contributed by atoms with E-state index >= 15 is 0 Å². The van der Waals surface area contributed by atoms with E-state index in [-0.39, 0.29) is 0 Å². The van der Waals surface area contributed by atoms with Gasteiger partial charge in [0.25, 0.3) is 0 Å². The zero-order valence-electron chi connectivity index (χ0n) is 10.1. The number of nitrogens with one attached hydrogen (secondary N) is 1. The van der Waals surface area contributed by atoms with Crippen LogP contribution in [0.15, 0.2) is 29.2 Å². The van der Waals surface area contributed by atoms with Crippen LogP contribution in [0.25, 0.3) is 0 Å². The molecule has 1 atom stereocenters. The number of rotatable bonds is 5. The largest absolute Gasteiger partial charge is 0.310 e. The Morgan fingerprint density at radius 1 is 1.20 bits per heavy atom. The third-order valence-electron chi connectivity index (χ3n) is 2.26. The predicted octanol–water partition coefficient (Wildman–Crippen LogP) is 3.86. The zero-order valence-corrected chi connectivity index (χ0v) is 10.9. The van der Waals surface area contributed by atoms with E-state index in [0.29, 0.717) is 11.3 Å². The van der Waals surface area contributed by atoms with Gasteiger partial charge in [-0.05, 0) is 25.1 Å². The smallest absolute Gasteiger partial charge is 0.0302 e. The zero-order chi connectivity index (χ0) is 11.3. The van der Waals surface area contributed by atoms with Crippen LogP contribution in [0.4, 0.5) is 0 Å². The molecule has 1 unspecified atom stereocenters. The summed E-state index contributed by atoms with van der Waals surface area (Å²) in [5.74, 6) is 0. The Balaban J connectivity index is 2.85. The SMILES string of the molecule is CCNC(C)c1ccccc1SC(C)C. The lowest BCUT2D eigenvalue weighted by Gasteiger charge is -2.17. The van der Waals surface area contributed by atoms with Gasteiger partial charge in [0.2, 0.25) is 0 Å². The lowest BCUT2D eigenvalue weighted by molar-refractivity contribution is 0.590. The van der Waals surface area contributed by atoms with Gasteiger partial charge in [-0.25, -0.2) is 0 Å². The van der Waals surface area contributed by atoms with E-state index < -0.39 is 0 Å². The summed E-state index contributed by atoms with van der Waals surface area (Å²) in [6.45, 7) is 9.86. The second-order valence-corrected chi connectivity index (χ2v) is 5.60. The molecule has 2 heteroatoms. The predicted molar refractivity (Wildman–Crippen MR) is 69.5 cm³/mol. The van der Waals surface area contributed by atoms with Crippen molar-refractivity contribution in [2.75, 3.05) is 6.54 Å². The molecule has 0 aliphatic rings. The molecule has 0 spiro atoms. The maximum Gasteiger partial charge on any atom is 0.0302 e. The van der Waals surface area contributed by atoms with Gasteiger partial charge in [-0.3, -0.25) is 0 Å². The van der Waals surface area contributed by atoms with Crippen LogP contribution in [0.5, 0.6) is 0 Å². The van der Waals surface area contributed by atoms with Crippen LogP contribution in [0.1, 0.15) is 39.3 Å². The Kier molecular flexibility index (Phi) is 5.20. The summed E-state index contributed by atoms with van der Waals surface area (Å²) in [7, 11) is 0. The van der Waals surface area contributed by atoms with Crippen molar-refractivity contribution in [2.24, 2.45) is 0 Å². The summed E-state index contributed by atoms with van der Waals surface area (Å²) in [5, 5.41) is 4.10. The van der Waals surface area contributed by atoms with Gasteiger partial charge < -0.3 is 5.32 Å². The first-order valence-electron chi connectivity index (χ1n) is 5.64. The molecule has 0 aliphatic heterocycles. The van der Waals surface area contributed by atoms with Gasteiger partial charge in [0, 0.05) is 16.2 Å². The second-order valence-electron chi connectivity index (χ2n) is 3.98. The average Bonchev–Trinajstić information content (AvgIpc) is 2.18. The fourth-order valence-electron chi connectivity index (χ4n) is 1.62. The second kappa shape index (κ2) is 6.19. The summed E-state index contributed by atoms with van der Waals surface area (Å²) >= 11 is 1.94. The highest BCUT2D eigenvalue weighted by molar-refractivity contribution is 8.00. The van der Waals surface area contributed by atoms with Crippen LogP contribution < -0.4 is 5.32 Å². The van der Waals surface area contributed by atoms with Crippen molar-refractivity contribution in [3.8, 4) is 0 Å². The highest BCUT2D eigenvalue weighted by Gasteiger charge is 2.10. The Bertz CT molecular complexity index is 296. The summed E-state index contributed by atoms with van der Waals surface area (Å²) in [5.41, 5.74) is 1.41. The van der Waals surface area contributed by atoms with Gasteiger partial charge in [0.1, 0.15) is 0 Å². The van der Waals surface area contributed by atoms with Gasteiger partial charge in [0.05, 0.1) is 0 Å². The van der Waals surface area contributed by atoms with Gasteiger partial charge in [-0.1, -0.05) is 39.0 Å². The summed E-state index contributed by atoms with van der Waals surface area (Å²) < 4.78 is 0. The van der Waals surface area contributed by atoms with E-state index in [1.54, 1.807) is 0 Å². The number of benzene rings is 1. The summed E-state index contributed by atoms with van der Waals surface area (Å²) in [6.07, 6.45) is 0. The standard InChI is InChI=1S/C13H21NS/c1-5-14-11(4)12-8-6-7-9-13(12)15-10(2)3/h6-11,14H,5H2,1-4H3. The van der Waals surface area contributed by atoms with Crippen molar-refractivity contribution in [1.29, 1.82) is 0 Å². The molecule has 0 radical (unpaired) electrons. The van der Waals surface area contributed by atoms with Crippen LogP contribution in [0.2, 0.25) is 0 Å². The molecule has 1 nitrogen and oxygen atoms in total. The first kappa shape index (κ1) is 12.6. The van der Waals surface area contributed by atoms with Crippen LogP contribution in [-0.4, -0.2) is 11.8 Å². The highest BCUT2D eigenvalue weighted by Crippen LogP contribution is 2.30. The van der Waals surface area contributed by atoms with Gasteiger partial charge in [-0.2, -0.15) is 0 Å². The van der Waals surface area contributed by atoms with Gasteiger partial charge >= 0.3 is 0 Å². The molecule has 1 aromatic carbocycles. The molecule has 84 valence electrons. The van der Waals surface area contributed by atoms with Crippen LogP contribution in [0, 0.1) is 0 Å². The van der Waals surface area contributed by atoms with E-state index in [0.717, 1.165) is 6.54 Å². The molecule has 0 fully saturated rings. The molecular weight excluding hydrogens is 202 g/mol. The minimum absolute atomic E-state index is 0.442. The lowest BCUT2D eigenvalue weighted by atomic mass is 10.1. The van der Waals surface area contributed by atoms with Crippen molar-refractivity contribution in [3.05, 3.63) is 29.8 Å². The van der Waals surface area contributed by atoms with E-state index in [4.69, 9.17) is 0 Å². The van der Waals surface area contributed by atoms with Crippen LogP contribution in [-0.2, 0) is 0 Å². The molecule has 0 aliphatic carbocycles. The molecule has 0 heterocycles. The third-order valence-corrected chi connectivity index (χ3v) is 3.36. The minimum Gasteiger partial charge on any atom is -0.310 e. The average molecular weight is 223 g/mol. The lowest BCUT2D eigenvalue weighted by Crippen LogP contribution is -2.18. The van der Waals surface area contributed by atoms with E-state index in [9.17, 15) is 0 Å². The van der Waals surface area contributed by atoms with Crippen LogP contribution in [0.3, 0.4) is 0 Å². The monoisotopic (exact) mass is 223 g/mol. The topological polar surface area (TPSA) is 12.0 Å². The maximum atomic E-state index is 3.46. The van der Waals surface area contributed by atoms with Crippen molar-refractivity contribution in [3.63, 3.8) is 0 Å². The first-order chi connectivity index (χ1) is 7.15. The normalized spacial score (nSPS) is 13.1. The Morgan fingerprint density at radius 2 is 1.87 bits per heavy atom. The Morgan fingerprint density at radius 3 is 2.47 bits per heavy atom. The molecule has 1 rings (SSSR count). The van der Waals surface area contributed by atoms with E-state index in [1.165, 1.54) is 10.5 Å². The van der Waals surface area contributed by atoms with E-state index in [2.05, 4.69) is 57.3 Å². The van der Waals surface area contributed by atoms with Crippen LogP contribution >= 0.6 is 11.8 Å². The molecule has 1 N–H and O–H groups in total. The van der Waals surface area contributed by atoms with Crippen molar-refractivity contribution in [2.45, 2.75) is 43.9 Å². The fourth-order valence-corrected chi connectivity index (χ4v) is 2.66. The number of hydrogen-bond acceptors (Lipinski definition) is 2. The number of thioether (sulfide) groups is 1. The quantitative estimate of drug-likeness (QED) is 0.761. The van der Waals surface area contributed by atoms with E-state index in [1.807, 2.05) is 11.8 Å². The molecule has 0 amide bonds. The summed E-state index contributed by atoms with van der Waals surface area (Å²) in [6, 6.07) is 9.12. The molecule has 0 saturated carbocycles. The van der Waals surface area contributed by atoms with Crippen molar-refractivity contribution in [1.82, 2.24) is 5.32 Å². The molecule has 0 saturated heterocycles. The first-order valence-corrected chi connectivity index (χ1v) is 6.52. The molecular formula is C13H21NS. The highest BCUT2D eigenvalue weighted by atomic mass is 32.2. The third kappa shape index (κ3) is 3.88. The maximum absolute atomic E-state index is 3.46. The minimum atomic E-state index is 0.442. The van der Waals surface area contributed by atoms with Gasteiger partial charge in [-0.15, -0.1) is 11.8 Å². The molecule has 0 aromatic heterocycles. The van der Waals surface area contributed by atoms with Crippen molar-refractivity contribution >= 4 is 11.8 Å².